The molecule has 1 saturated carbocycles. The van der Waals surface area contributed by atoms with Crippen LogP contribution in [0.4, 0.5) is 0 Å². The third kappa shape index (κ3) is 3.28. The van der Waals surface area contributed by atoms with Crippen LogP contribution in [-0.4, -0.2) is 6.54 Å². The molecule has 0 saturated heterocycles. The van der Waals surface area contributed by atoms with Crippen LogP contribution in [0.3, 0.4) is 0 Å². The summed E-state index contributed by atoms with van der Waals surface area (Å²) in [5.41, 5.74) is 0. The number of halogens is 1. The molecule has 18 heavy (non-hydrogen) atoms. The van der Waals surface area contributed by atoms with Gasteiger partial charge in [0.05, 0.1) is 4.34 Å². The van der Waals surface area contributed by atoms with Gasteiger partial charge in [0.2, 0.25) is 0 Å². The van der Waals surface area contributed by atoms with Crippen LogP contribution in [-0.2, 0) is 0 Å². The highest BCUT2D eigenvalue weighted by Gasteiger charge is 2.31. The summed E-state index contributed by atoms with van der Waals surface area (Å²) in [6, 6.07) is 4.73. The Bertz CT molecular complexity index is 376. The molecular formula is C15H24ClNS. The second kappa shape index (κ2) is 6.40. The lowest BCUT2D eigenvalue weighted by atomic mass is 9.73. The van der Waals surface area contributed by atoms with E-state index in [2.05, 4.69) is 32.2 Å². The smallest absolute Gasteiger partial charge is 0.0931 e. The molecule has 1 N–H and O–H groups in total. The molecule has 1 fully saturated rings. The maximum Gasteiger partial charge on any atom is 0.0931 e. The van der Waals surface area contributed by atoms with Crippen LogP contribution < -0.4 is 5.32 Å². The molecule has 0 radical (unpaired) electrons. The predicted octanol–water partition coefficient (Wildman–Crippen LogP) is 5.12. The highest BCUT2D eigenvalue weighted by atomic mass is 35.5. The second-order valence-electron chi connectivity index (χ2n) is 5.70. The van der Waals surface area contributed by atoms with E-state index in [4.69, 9.17) is 11.6 Å². The monoisotopic (exact) mass is 285 g/mol. The molecule has 1 heterocycles. The number of hydrogen-bond acceptors (Lipinski definition) is 2. The van der Waals surface area contributed by atoms with Crippen molar-refractivity contribution >= 4 is 22.9 Å². The van der Waals surface area contributed by atoms with Gasteiger partial charge in [-0.1, -0.05) is 38.8 Å². The molecule has 4 unspecified atom stereocenters. The lowest BCUT2D eigenvalue weighted by molar-refractivity contribution is 0.173. The largest absolute Gasteiger partial charge is 0.309 e. The molecule has 0 aliphatic heterocycles. The summed E-state index contributed by atoms with van der Waals surface area (Å²) in [5.74, 6) is 2.50. The van der Waals surface area contributed by atoms with Crippen molar-refractivity contribution in [3.8, 4) is 0 Å². The van der Waals surface area contributed by atoms with Crippen LogP contribution in [0.2, 0.25) is 4.34 Å². The van der Waals surface area contributed by atoms with Crippen LogP contribution in [0, 0.1) is 17.8 Å². The summed E-state index contributed by atoms with van der Waals surface area (Å²) in [6.45, 7) is 8.02. The van der Waals surface area contributed by atoms with Gasteiger partial charge < -0.3 is 5.32 Å². The zero-order valence-corrected chi connectivity index (χ0v) is 13.2. The average Bonchev–Trinajstić information content (AvgIpc) is 2.76. The maximum absolute atomic E-state index is 6.09. The second-order valence-corrected chi connectivity index (χ2v) is 7.45. The van der Waals surface area contributed by atoms with Gasteiger partial charge in [-0.25, -0.2) is 0 Å². The summed E-state index contributed by atoms with van der Waals surface area (Å²) in [6.07, 6.45) is 4.06. The first-order valence-electron chi connectivity index (χ1n) is 7.10. The summed E-state index contributed by atoms with van der Waals surface area (Å²) >= 11 is 7.82. The van der Waals surface area contributed by atoms with Crippen molar-refractivity contribution in [2.75, 3.05) is 6.54 Å². The number of thiophene rings is 1. The minimum Gasteiger partial charge on any atom is -0.309 e. The first kappa shape index (κ1) is 14.4. The van der Waals surface area contributed by atoms with Crippen molar-refractivity contribution in [2.45, 2.75) is 46.1 Å². The summed E-state index contributed by atoms with van der Waals surface area (Å²) in [7, 11) is 0. The SMILES string of the molecule is CCNC(c1ccc(Cl)s1)C1CCC(C)C(C)C1. The third-order valence-corrected chi connectivity index (χ3v) is 5.75. The van der Waals surface area contributed by atoms with E-state index >= 15 is 0 Å². The van der Waals surface area contributed by atoms with Gasteiger partial charge >= 0.3 is 0 Å². The van der Waals surface area contributed by atoms with Crippen LogP contribution >= 0.6 is 22.9 Å². The molecule has 0 spiro atoms. The molecule has 1 aromatic heterocycles. The molecule has 1 aliphatic carbocycles. The molecule has 102 valence electrons. The molecule has 1 aromatic rings. The first-order valence-corrected chi connectivity index (χ1v) is 8.29. The predicted molar refractivity (Wildman–Crippen MR) is 81.4 cm³/mol. The zero-order valence-electron chi connectivity index (χ0n) is 11.6. The standard InChI is InChI=1S/C15H24ClNS/c1-4-17-15(13-7-8-14(16)18-13)12-6-5-10(2)11(3)9-12/h7-8,10-12,15,17H,4-6,9H2,1-3H3. The van der Waals surface area contributed by atoms with E-state index in [1.165, 1.54) is 24.1 Å². The summed E-state index contributed by atoms with van der Waals surface area (Å²) in [5, 5.41) is 3.67. The van der Waals surface area contributed by atoms with E-state index in [1.807, 2.05) is 6.07 Å². The Morgan fingerprint density at radius 1 is 1.33 bits per heavy atom. The fourth-order valence-corrected chi connectivity index (χ4v) is 4.34. The van der Waals surface area contributed by atoms with Gasteiger partial charge in [0, 0.05) is 10.9 Å². The van der Waals surface area contributed by atoms with Gasteiger partial charge in [0.1, 0.15) is 0 Å². The van der Waals surface area contributed by atoms with Crippen LogP contribution in [0.1, 0.15) is 51.0 Å². The van der Waals surface area contributed by atoms with Crippen molar-refractivity contribution in [1.82, 2.24) is 5.32 Å². The topological polar surface area (TPSA) is 12.0 Å². The van der Waals surface area contributed by atoms with E-state index in [0.717, 1.165) is 28.6 Å². The van der Waals surface area contributed by atoms with Crippen molar-refractivity contribution < 1.29 is 0 Å². The van der Waals surface area contributed by atoms with E-state index in [1.54, 1.807) is 11.3 Å². The van der Waals surface area contributed by atoms with Crippen LogP contribution in [0.15, 0.2) is 12.1 Å². The highest BCUT2D eigenvalue weighted by molar-refractivity contribution is 7.16. The molecule has 1 aliphatic rings. The molecule has 4 atom stereocenters. The van der Waals surface area contributed by atoms with E-state index in [0.29, 0.717) is 6.04 Å². The lowest BCUT2D eigenvalue weighted by Crippen LogP contribution is -2.32. The van der Waals surface area contributed by atoms with E-state index in [9.17, 15) is 0 Å². The minimum absolute atomic E-state index is 0.502. The minimum atomic E-state index is 0.502. The van der Waals surface area contributed by atoms with Crippen molar-refractivity contribution in [3.63, 3.8) is 0 Å². The normalized spacial score (nSPS) is 30.3. The fourth-order valence-electron chi connectivity index (χ4n) is 3.11. The molecule has 0 bridgehead atoms. The van der Waals surface area contributed by atoms with Crippen LogP contribution in [0.5, 0.6) is 0 Å². The number of nitrogens with one attached hydrogen (secondary N) is 1. The fraction of sp³-hybridized carbons (Fsp3) is 0.733. The molecule has 0 amide bonds. The Hall–Kier alpha value is -0.0500. The van der Waals surface area contributed by atoms with Gasteiger partial charge in [0.25, 0.3) is 0 Å². The lowest BCUT2D eigenvalue weighted by Gasteiger charge is -2.36. The molecule has 3 heteroatoms. The quantitative estimate of drug-likeness (QED) is 0.809. The zero-order chi connectivity index (χ0) is 13.1. The first-order chi connectivity index (χ1) is 8.61. The van der Waals surface area contributed by atoms with E-state index in [-0.39, 0.29) is 0 Å². The van der Waals surface area contributed by atoms with Gasteiger partial charge in [-0.05, 0) is 49.3 Å². The number of hydrogen-bond donors (Lipinski definition) is 1. The van der Waals surface area contributed by atoms with Crippen molar-refractivity contribution in [2.24, 2.45) is 17.8 Å². The summed E-state index contributed by atoms with van der Waals surface area (Å²) < 4.78 is 0.908. The average molecular weight is 286 g/mol. The van der Waals surface area contributed by atoms with E-state index < -0.39 is 0 Å². The Kier molecular flexibility index (Phi) is 5.11. The van der Waals surface area contributed by atoms with Crippen molar-refractivity contribution in [1.29, 1.82) is 0 Å². The number of rotatable bonds is 4. The Morgan fingerprint density at radius 3 is 2.67 bits per heavy atom. The molecule has 1 nitrogen and oxygen atoms in total. The molecule has 2 rings (SSSR count). The van der Waals surface area contributed by atoms with Gasteiger partial charge in [-0.2, -0.15) is 0 Å². The van der Waals surface area contributed by atoms with Crippen molar-refractivity contribution in [3.05, 3.63) is 21.3 Å². The Balaban J connectivity index is 2.10. The Labute approximate surface area is 120 Å². The van der Waals surface area contributed by atoms with Crippen LogP contribution in [0.25, 0.3) is 0 Å². The molecular weight excluding hydrogens is 262 g/mol. The maximum atomic E-state index is 6.09. The summed E-state index contributed by atoms with van der Waals surface area (Å²) in [4.78, 5) is 1.41. The van der Waals surface area contributed by atoms with Gasteiger partial charge in [-0.3, -0.25) is 0 Å². The molecule has 0 aromatic carbocycles. The highest BCUT2D eigenvalue weighted by Crippen LogP contribution is 2.41. The van der Waals surface area contributed by atoms with Gasteiger partial charge in [-0.15, -0.1) is 11.3 Å². The Morgan fingerprint density at radius 2 is 2.11 bits per heavy atom. The van der Waals surface area contributed by atoms with Gasteiger partial charge in [0.15, 0.2) is 0 Å². The third-order valence-electron chi connectivity index (χ3n) is 4.43.